The number of aliphatic imine (C=N–C) groups is 1. The molecule has 0 aliphatic rings. The summed E-state index contributed by atoms with van der Waals surface area (Å²) in [6.07, 6.45) is 3.63. The van der Waals surface area contributed by atoms with Gasteiger partial charge in [-0.05, 0) is 19.3 Å². The van der Waals surface area contributed by atoms with Gasteiger partial charge in [-0.25, -0.2) is 0 Å². The van der Waals surface area contributed by atoms with Gasteiger partial charge in [0.1, 0.15) is 0 Å². The molecule has 90 valence electrons. The van der Waals surface area contributed by atoms with Crippen molar-refractivity contribution in [2.45, 2.75) is 52.1 Å². The van der Waals surface area contributed by atoms with Crippen molar-refractivity contribution in [1.82, 2.24) is 5.32 Å². The van der Waals surface area contributed by atoms with Crippen LogP contribution in [-0.4, -0.2) is 29.8 Å². The summed E-state index contributed by atoms with van der Waals surface area (Å²) in [5.41, 5.74) is 4.96. The van der Waals surface area contributed by atoms with Gasteiger partial charge in [-0.3, -0.25) is 4.99 Å². The van der Waals surface area contributed by atoms with Crippen LogP contribution in [0.25, 0.3) is 0 Å². The molecule has 15 heavy (non-hydrogen) atoms. The Morgan fingerprint density at radius 3 is 2.40 bits per heavy atom. The number of nitrogens with zero attached hydrogens (tertiary/aromatic N) is 1. The van der Waals surface area contributed by atoms with E-state index in [0.29, 0.717) is 25.3 Å². The van der Waals surface area contributed by atoms with Crippen molar-refractivity contribution in [2.75, 3.05) is 13.1 Å². The summed E-state index contributed by atoms with van der Waals surface area (Å²) in [5, 5.41) is 13.0. The lowest BCUT2D eigenvalue weighted by Crippen LogP contribution is -2.36. The van der Waals surface area contributed by atoms with Gasteiger partial charge < -0.3 is 16.2 Å². The minimum absolute atomic E-state index is 0.380. The maximum absolute atomic E-state index is 9.96. The largest absolute Gasteiger partial charge is 0.388 e. The van der Waals surface area contributed by atoms with Crippen LogP contribution in [0.4, 0.5) is 0 Å². The third-order valence-corrected chi connectivity index (χ3v) is 2.70. The Morgan fingerprint density at radius 2 is 1.93 bits per heavy atom. The Balaban J connectivity index is 3.92. The molecule has 0 saturated carbocycles. The SMILES string of the molecule is CCCCNC(N)=NCC(O)(CC)CC. The van der Waals surface area contributed by atoms with Crippen LogP contribution in [0.15, 0.2) is 4.99 Å². The summed E-state index contributed by atoms with van der Waals surface area (Å²) in [6, 6.07) is 0. The molecular weight excluding hydrogens is 190 g/mol. The van der Waals surface area contributed by atoms with E-state index in [1.165, 1.54) is 0 Å². The number of unbranched alkanes of at least 4 members (excludes halogenated alkanes) is 1. The fourth-order valence-corrected chi connectivity index (χ4v) is 1.16. The number of aliphatic hydroxyl groups is 1. The lowest BCUT2D eigenvalue weighted by molar-refractivity contribution is 0.0418. The second-order valence-corrected chi connectivity index (χ2v) is 3.91. The van der Waals surface area contributed by atoms with Crippen LogP contribution in [0, 0.1) is 0 Å². The van der Waals surface area contributed by atoms with Crippen LogP contribution in [-0.2, 0) is 0 Å². The van der Waals surface area contributed by atoms with E-state index in [4.69, 9.17) is 5.73 Å². The number of hydrogen-bond acceptors (Lipinski definition) is 2. The number of hydrogen-bond donors (Lipinski definition) is 3. The molecule has 0 aliphatic carbocycles. The molecule has 4 N–H and O–H groups in total. The number of rotatable bonds is 7. The van der Waals surface area contributed by atoms with Crippen LogP contribution in [0.2, 0.25) is 0 Å². The molecule has 4 nitrogen and oxygen atoms in total. The Hall–Kier alpha value is -0.770. The molecule has 0 rings (SSSR count). The first-order chi connectivity index (χ1) is 7.08. The Bertz CT molecular complexity index is 188. The van der Waals surface area contributed by atoms with Gasteiger partial charge in [-0.2, -0.15) is 0 Å². The highest BCUT2D eigenvalue weighted by Crippen LogP contribution is 2.14. The maximum Gasteiger partial charge on any atom is 0.188 e. The van der Waals surface area contributed by atoms with E-state index < -0.39 is 5.60 Å². The summed E-state index contributed by atoms with van der Waals surface area (Å²) in [7, 11) is 0. The van der Waals surface area contributed by atoms with Gasteiger partial charge in [-0.15, -0.1) is 0 Å². The molecular formula is C11H25N3O. The third kappa shape index (κ3) is 6.33. The first kappa shape index (κ1) is 14.2. The Labute approximate surface area is 93.0 Å². The molecule has 0 fully saturated rings. The Morgan fingerprint density at radius 1 is 1.33 bits per heavy atom. The molecule has 0 radical (unpaired) electrons. The first-order valence-electron chi connectivity index (χ1n) is 5.84. The molecule has 0 saturated heterocycles. The van der Waals surface area contributed by atoms with Crippen LogP contribution in [0.5, 0.6) is 0 Å². The quantitative estimate of drug-likeness (QED) is 0.340. The standard InChI is InChI=1S/C11H25N3O/c1-4-7-8-13-10(12)14-9-11(15,5-2)6-3/h15H,4-9H2,1-3H3,(H3,12,13,14). The van der Waals surface area contributed by atoms with Crippen molar-refractivity contribution in [3.63, 3.8) is 0 Å². The monoisotopic (exact) mass is 215 g/mol. The summed E-state index contributed by atoms with van der Waals surface area (Å²) in [5.74, 6) is 0.434. The fourth-order valence-electron chi connectivity index (χ4n) is 1.16. The van der Waals surface area contributed by atoms with Crippen molar-refractivity contribution < 1.29 is 5.11 Å². The topological polar surface area (TPSA) is 70.6 Å². The van der Waals surface area contributed by atoms with Crippen LogP contribution in [0.3, 0.4) is 0 Å². The van der Waals surface area contributed by atoms with Crippen molar-refractivity contribution >= 4 is 5.96 Å². The Kier molecular flexibility index (Phi) is 7.13. The predicted octanol–water partition coefficient (Wildman–Crippen LogP) is 1.24. The lowest BCUT2D eigenvalue weighted by Gasteiger charge is -2.22. The molecule has 0 amide bonds. The average molecular weight is 215 g/mol. The van der Waals surface area contributed by atoms with Gasteiger partial charge in [0, 0.05) is 6.54 Å². The van der Waals surface area contributed by atoms with Crippen LogP contribution < -0.4 is 11.1 Å². The van der Waals surface area contributed by atoms with E-state index in [2.05, 4.69) is 17.2 Å². The van der Waals surface area contributed by atoms with E-state index >= 15 is 0 Å². The molecule has 0 aromatic carbocycles. The zero-order valence-electron chi connectivity index (χ0n) is 10.2. The van der Waals surface area contributed by atoms with E-state index in [0.717, 1.165) is 19.4 Å². The van der Waals surface area contributed by atoms with Crippen LogP contribution in [0.1, 0.15) is 46.5 Å². The summed E-state index contributed by atoms with van der Waals surface area (Å²) >= 11 is 0. The molecule has 0 spiro atoms. The van der Waals surface area contributed by atoms with Crippen LogP contribution >= 0.6 is 0 Å². The average Bonchev–Trinajstić information content (AvgIpc) is 2.26. The molecule has 0 heterocycles. The normalized spacial score (nSPS) is 12.9. The summed E-state index contributed by atoms with van der Waals surface area (Å²) < 4.78 is 0. The summed E-state index contributed by atoms with van der Waals surface area (Å²) in [6.45, 7) is 7.27. The molecule has 0 aromatic heterocycles. The highest BCUT2D eigenvalue weighted by molar-refractivity contribution is 5.77. The second-order valence-electron chi connectivity index (χ2n) is 3.91. The van der Waals surface area contributed by atoms with Crippen molar-refractivity contribution in [2.24, 2.45) is 10.7 Å². The molecule has 4 heteroatoms. The number of nitrogens with one attached hydrogen (secondary N) is 1. The van der Waals surface area contributed by atoms with Gasteiger partial charge in [0.2, 0.25) is 0 Å². The number of guanidine groups is 1. The van der Waals surface area contributed by atoms with E-state index in [1.807, 2.05) is 13.8 Å². The van der Waals surface area contributed by atoms with Gasteiger partial charge in [0.25, 0.3) is 0 Å². The maximum atomic E-state index is 9.96. The minimum Gasteiger partial charge on any atom is -0.388 e. The highest BCUT2D eigenvalue weighted by atomic mass is 16.3. The second kappa shape index (κ2) is 7.51. The van der Waals surface area contributed by atoms with Crippen molar-refractivity contribution in [3.8, 4) is 0 Å². The summed E-state index contributed by atoms with van der Waals surface area (Å²) in [4.78, 5) is 4.14. The molecule has 0 unspecified atom stereocenters. The zero-order valence-corrected chi connectivity index (χ0v) is 10.2. The molecule has 0 bridgehead atoms. The minimum atomic E-state index is -0.697. The fraction of sp³-hybridized carbons (Fsp3) is 0.909. The highest BCUT2D eigenvalue weighted by Gasteiger charge is 2.21. The van der Waals surface area contributed by atoms with Gasteiger partial charge >= 0.3 is 0 Å². The van der Waals surface area contributed by atoms with Gasteiger partial charge in [0.15, 0.2) is 5.96 Å². The third-order valence-electron chi connectivity index (χ3n) is 2.70. The van der Waals surface area contributed by atoms with Gasteiger partial charge in [0.05, 0.1) is 12.1 Å². The van der Waals surface area contributed by atoms with Crippen molar-refractivity contribution in [1.29, 1.82) is 0 Å². The first-order valence-corrected chi connectivity index (χ1v) is 5.84. The molecule has 0 aliphatic heterocycles. The predicted molar refractivity (Wildman–Crippen MR) is 64.9 cm³/mol. The van der Waals surface area contributed by atoms with E-state index in [-0.39, 0.29) is 0 Å². The van der Waals surface area contributed by atoms with Gasteiger partial charge in [-0.1, -0.05) is 27.2 Å². The van der Waals surface area contributed by atoms with Crippen molar-refractivity contribution in [3.05, 3.63) is 0 Å². The number of nitrogens with two attached hydrogens (primary N) is 1. The van der Waals surface area contributed by atoms with E-state index in [9.17, 15) is 5.11 Å². The zero-order chi connectivity index (χ0) is 11.7. The smallest absolute Gasteiger partial charge is 0.188 e. The lowest BCUT2D eigenvalue weighted by atomic mass is 9.98. The van der Waals surface area contributed by atoms with E-state index in [1.54, 1.807) is 0 Å². The molecule has 0 atom stereocenters. The molecule has 0 aromatic rings.